The van der Waals surface area contributed by atoms with Crippen LogP contribution in [0.1, 0.15) is 16.1 Å². The Balaban J connectivity index is 2.62. The molecule has 0 aliphatic rings. The van der Waals surface area contributed by atoms with Gasteiger partial charge in [-0.1, -0.05) is 0 Å². The van der Waals surface area contributed by atoms with Crippen molar-refractivity contribution in [1.29, 1.82) is 0 Å². The van der Waals surface area contributed by atoms with E-state index in [0.717, 1.165) is 17.4 Å². The Morgan fingerprint density at radius 2 is 2.22 bits per heavy atom. The first kappa shape index (κ1) is 15.3. The second kappa shape index (κ2) is 6.41. The highest BCUT2D eigenvalue weighted by molar-refractivity contribution is 7.89. The van der Waals surface area contributed by atoms with E-state index in [-0.39, 0.29) is 16.3 Å². The molecule has 1 aromatic rings. The van der Waals surface area contributed by atoms with Crippen LogP contribution in [-0.4, -0.2) is 42.3 Å². The molecule has 1 aromatic heterocycles. The highest BCUT2D eigenvalue weighted by Gasteiger charge is 2.17. The van der Waals surface area contributed by atoms with Gasteiger partial charge in [0.25, 0.3) is 0 Å². The first-order chi connectivity index (χ1) is 8.33. The van der Waals surface area contributed by atoms with Crippen molar-refractivity contribution in [2.75, 3.05) is 18.6 Å². The minimum absolute atomic E-state index is 0.0231. The third-order valence-corrected chi connectivity index (χ3v) is 5.37. The van der Waals surface area contributed by atoms with Gasteiger partial charge in [0.1, 0.15) is 4.88 Å². The Labute approximate surface area is 112 Å². The molecule has 1 atom stereocenters. The van der Waals surface area contributed by atoms with Crippen LogP contribution in [0.4, 0.5) is 0 Å². The van der Waals surface area contributed by atoms with Crippen LogP contribution in [0.15, 0.2) is 16.3 Å². The quantitative estimate of drug-likeness (QED) is 0.714. The summed E-state index contributed by atoms with van der Waals surface area (Å²) in [5.41, 5.74) is 0. The zero-order valence-corrected chi connectivity index (χ0v) is 12.0. The molecule has 1 heterocycles. The van der Waals surface area contributed by atoms with Crippen LogP contribution in [-0.2, 0) is 20.8 Å². The van der Waals surface area contributed by atoms with Crippen molar-refractivity contribution >= 4 is 38.1 Å². The first-order valence-electron chi connectivity index (χ1n) is 4.94. The van der Waals surface area contributed by atoms with Gasteiger partial charge in [0.15, 0.2) is 0 Å². The van der Waals surface area contributed by atoms with Gasteiger partial charge in [0, 0.05) is 34.7 Å². The summed E-state index contributed by atoms with van der Waals surface area (Å²) in [6, 6.07) is 1.12. The van der Waals surface area contributed by atoms with E-state index >= 15 is 0 Å². The number of hydrogen-bond acceptors (Lipinski definition) is 5. The van der Waals surface area contributed by atoms with Gasteiger partial charge >= 0.3 is 5.97 Å². The largest absolute Gasteiger partial charge is 0.477 e. The molecule has 9 heteroatoms. The summed E-state index contributed by atoms with van der Waals surface area (Å²) < 4.78 is 36.6. The van der Waals surface area contributed by atoms with Crippen LogP contribution in [0.5, 0.6) is 0 Å². The van der Waals surface area contributed by atoms with Gasteiger partial charge in [0.2, 0.25) is 10.0 Å². The fourth-order valence-corrected chi connectivity index (χ4v) is 3.87. The first-order valence-corrected chi connectivity index (χ1v) is 9.03. The molecule has 0 fully saturated rings. The van der Waals surface area contributed by atoms with E-state index in [4.69, 9.17) is 5.11 Å². The van der Waals surface area contributed by atoms with Crippen molar-refractivity contribution in [3.63, 3.8) is 0 Å². The summed E-state index contributed by atoms with van der Waals surface area (Å²) in [6.07, 6.45) is 2.02. The van der Waals surface area contributed by atoms with E-state index in [1.807, 2.05) is 0 Å². The molecule has 0 amide bonds. The van der Waals surface area contributed by atoms with Gasteiger partial charge < -0.3 is 5.11 Å². The number of rotatable bonds is 7. The number of carboxylic acids is 1. The molecule has 102 valence electrons. The second-order valence-corrected chi connectivity index (χ2v) is 7.71. The molecule has 0 aliphatic carbocycles. The second-order valence-electron chi connectivity index (χ2n) is 3.48. The maximum Gasteiger partial charge on any atom is 0.345 e. The van der Waals surface area contributed by atoms with Gasteiger partial charge in [-0.3, -0.25) is 4.21 Å². The molecule has 1 rings (SSSR count). The third-order valence-electron chi connectivity index (χ3n) is 2.00. The third kappa shape index (κ3) is 4.48. The number of nitrogens with one attached hydrogen (secondary N) is 1. The van der Waals surface area contributed by atoms with E-state index in [1.54, 1.807) is 6.26 Å². The average Bonchev–Trinajstić information content (AvgIpc) is 2.74. The molecular formula is C9H13NO5S3. The Bertz CT molecular complexity index is 548. The monoisotopic (exact) mass is 311 g/mol. The van der Waals surface area contributed by atoms with Crippen molar-refractivity contribution < 1.29 is 22.5 Å². The van der Waals surface area contributed by atoms with Crippen molar-refractivity contribution in [3.8, 4) is 0 Å². The maximum atomic E-state index is 11.7. The van der Waals surface area contributed by atoms with E-state index in [1.165, 1.54) is 5.38 Å². The Hall–Kier alpha value is -0.770. The highest BCUT2D eigenvalue weighted by Crippen LogP contribution is 2.18. The zero-order chi connectivity index (χ0) is 13.8. The van der Waals surface area contributed by atoms with E-state index in [9.17, 15) is 17.4 Å². The molecular weight excluding hydrogens is 298 g/mol. The van der Waals surface area contributed by atoms with E-state index in [2.05, 4.69) is 4.72 Å². The Morgan fingerprint density at radius 3 is 2.72 bits per heavy atom. The van der Waals surface area contributed by atoms with Crippen molar-refractivity contribution in [2.24, 2.45) is 0 Å². The number of sulfonamides is 1. The standard InChI is InChI=1S/C9H13NO5S3/c1-17(13)4-2-3-10-18(14,15)7-5-8(9(11)12)16-6-7/h5-6,10H,2-4H2,1H3,(H,11,12). The fraction of sp³-hybridized carbons (Fsp3) is 0.444. The van der Waals surface area contributed by atoms with Crippen LogP contribution >= 0.6 is 11.3 Å². The van der Waals surface area contributed by atoms with Crippen LogP contribution in [0.3, 0.4) is 0 Å². The van der Waals surface area contributed by atoms with Gasteiger partial charge in [-0.05, 0) is 12.5 Å². The molecule has 1 unspecified atom stereocenters. The summed E-state index contributed by atoms with van der Waals surface area (Å²) in [6.45, 7) is 0.181. The maximum absolute atomic E-state index is 11.7. The minimum atomic E-state index is -3.67. The molecule has 0 spiro atoms. The van der Waals surface area contributed by atoms with Crippen LogP contribution in [0, 0.1) is 0 Å². The number of carbonyl (C=O) groups is 1. The lowest BCUT2D eigenvalue weighted by atomic mass is 10.5. The highest BCUT2D eigenvalue weighted by atomic mass is 32.2. The number of carboxylic acid groups (broad SMARTS) is 1. The topological polar surface area (TPSA) is 101 Å². The lowest BCUT2D eigenvalue weighted by Crippen LogP contribution is -2.25. The predicted molar refractivity (Wildman–Crippen MR) is 70.0 cm³/mol. The lowest BCUT2D eigenvalue weighted by Gasteiger charge is -2.03. The zero-order valence-electron chi connectivity index (χ0n) is 9.58. The Kier molecular flexibility index (Phi) is 5.45. The summed E-state index contributed by atoms with van der Waals surface area (Å²) in [7, 11) is -4.62. The SMILES string of the molecule is CS(=O)CCCNS(=O)(=O)c1csc(C(=O)O)c1. The van der Waals surface area contributed by atoms with Crippen LogP contribution in [0.25, 0.3) is 0 Å². The van der Waals surface area contributed by atoms with E-state index in [0.29, 0.717) is 12.2 Å². The summed E-state index contributed by atoms with van der Waals surface area (Å²) in [5, 5.41) is 9.98. The van der Waals surface area contributed by atoms with E-state index < -0.39 is 26.8 Å². The predicted octanol–water partition coefficient (Wildman–Crippen LogP) is 0.493. The van der Waals surface area contributed by atoms with Gasteiger partial charge in [-0.2, -0.15) is 0 Å². The molecule has 0 radical (unpaired) electrons. The average molecular weight is 311 g/mol. The molecule has 18 heavy (non-hydrogen) atoms. The van der Waals surface area contributed by atoms with Crippen LogP contribution < -0.4 is 4.72 Å². The summed E-state index contributed by atoms with van der Waals surface area (Å²) in [4.78, 5) is 10.6. The number of hydrogen-bond donors (Lipinski definition) is 2. The molecule has 0 saturated carbocycles. The molecule has 6 nitrogen and oxygen atoms in total. The van der Waals surface area contributed by atoms with Gasteiger partial charge in [0.05, 0.1) is 4.90 Å². The molecule has 0 bridgehead atoms. The minimum Gasteiger partial charge on any atom is -0.477 e. The van der Waals surface area contributed by atoms with Gasteiger partial charge in [-0.15, -0.1) is 11.3 Å². The normalized spacial score (nSPS) is 13.4. The van der Waals surface area contributed by atoms with Crippen LogP contribution in [0.2, 0.25) is 0 Å². The molecule has 2 N–H and O–H groups in total. The van der Waals surface area contributed by atoms with Gasteiger partial charge in [-0.25, -0.2) is 17.9 Å². The van der Waals surface area contributed by atoms with Crippen molar-refractivity contribution in [2.45, 2.75) is 11.3 Å². The Morgan fingerprint density at radius 1 is 1.56 bits per heavy atom. The molecule has 0 saturated heterocycles. The molecule has 0 aromatic carbocycles. The fourth-order valence-electron chi connectivity index (χ4n) is 1.14. The summed E-state index contributed by atoms with van der Waals surface area (Å²) >= 11 is 0.861. The lowest BCUT2D eigenvalue weighted by molar-refractivity contribution is 0.0702. The van der Waals surface area contributed by atoms with Crippen molar-refractivity contribution in [1.82, 2.24) is 4.72 Å². The number of thiophene rings is 1. The molecule has 0 aliphatic heterocycles. The van der Waals surface area contributed by atoms with Crippen molar-refractivity contribution in [3.05, 3.63) is 16.3 Å². The number of aromatic carboxylic acids is 1. The smallest absolute Gasteiger partial charge is 0.345 e. The summed E-state index contributed by atoms with van der Waals surface area (Å²) in [5.74, 6) is -0.727.